The molecule has 1 aromatic rings. The summed E-state index contributed by atoms with van der Waals surface area (Å²) in [4.78, 5) is 21.3. The first-order valence-electron chi connectivity index (χ1n) is 5.93. The highest BCUT2D eigenvalue weighted by Gasteiger charge is 2.27. The Labute approximate surface area is 122 Å². The number of esters is 1. The van der Waals surface area contributed by atoms with E-state index in [1.165, 1.54) is 26.8 Å². The van der Waals surface area contributed by atoms with E-state index < -0.39 is 27.5 Å². The van der Waals surface area contributed by atoms with Crippen molar-refractivity contribution in [3.05, 3.63) is 32.9 Å². The molecule has 0 amide bonds. The zero-order chi connectivity index (χ0) is 16.4. The summed E-state index contributed by atoms with van der Waals surface area (Å²) in [6.45, 7) is 3.90. The molecular weight excluding hydrogens is 300 g/mol. The van der Waals surface area contributed by atoms with Gasteiger partial charge in [0.15, 0.2) is 0 Å². The van der Waals surface area contributed by atoms with Gasteiger partial charge in [-0.1, -0.05) is 0 Å². The topological polar surface area (TPSA) is 116 Å². The number of nitrogens with one attached hydrogen (secondary N) is 1. The molecule has 0 bridgehead atoms. The molecule has 1 aromatic carbocycles. The third kappa shape index (κ3) is 3.56. The van der Waals surface area contributed by atoms with Gasteiger partial charge >= 0.3 is 5.97 Å². The first-order valence-corrected chi connectivity index (χ1v) is 7.41. The monoisotopic (exact) mass is 316 g/mol. The van der Waals surface area contributed by atoms with Gasteiger partial charge < -0.3 is 4.74 Å². The van der Waals surface area contributed by atoms with Crippen molar-refractivity contribution >= 4 is 21.7 Å². The first-order chi connectivity index (χ1) is 9.61. The lowest BCUT2D eigenvalue weighted by Gasteiger charge is -2.13. The van der Waals surface area contributed by atoms with Crippen molar-refractivity contribution in [2.75, 3.05) is 13.7 Å². The number of nitro benzene ring substituents is 1. The third-order valence-electron chi connectivity index (χ3n) is 2.95. The second-order valence-corrected chi connectivity index (χ2v) is 6.17. The number of rotatable bonds is 5. The second-order valence-electron chi connectivity index (χ2n) is 4.47. The summed E-state index contributed by atoms with van der Waals surface area (Å²) in [5.74, 6) is -0.754. The van der Waals surface area contributed by atoms with Crippen molar-refractivity contribution < 1.29 is 22.9 Å². The largest absolute Gasteiger partial charge is 0.468 e. The van der Waals surface area contributed by atoms with Crippen LogP contribution in [0.25, 0.3) is 0 Å². The Morgan fingerprint density at radius 1 is 1.33 bits per heavy atom. The number of nitrogens with zero attached hydrogens (tertiary/aromatic N) is 1. The molecule has 0 atom stereocenters. The van der Waals surface area contributed by atoms with Crippen LogP contribution in [-0.4, -0.2) is 33.0 Å². The Morgan fingerprint density at radius 3 is 2.38 bits per heavy atom. The predicted octanol–water partition coefficient (Wildman–Crippen LogP) is 0.971. The van der Waals surface area contributed by atoms with E-state index in [0.29, 0.717) is 11.1 Å². The number of carbonyl (C=O) groups excluding carboxylic acids is 1. The fourth-order valence-electron chi connectivity index (χ4n) is 2.15. The molecule has 0 saturated carbocycles. The quantitative estimate of drug-likeness (QED) is 0.491. The molecule has 0 saturated heterocycles. The molecule has 0 aliphatic carbocycles. The maximum absolute atomic E-state index is 12.2. The van der Waals surface area contributed by atoms with Gasteiger partial charge in [0.2, 0.25) is 10.0 Å². The van der Waals surface area contributed by atoms with E-state index in [0.717, 1.165) is 7.11 Å². The zero-order valence-corrected chi connectivity index (χ0v) is 12.9. The number of hydrogen-bond acceptors (Lipinski definition) is 6. The van der Waals surface area contributed by atoms with Crippen LogP contribution in [0.1, 0.15) is 16.7 Å². The van der Waals surface area contributed by atoms with E-state index >= 15 is 0 Å². The maximum atomic E-state index is 12.2. The van der Waals surface area contributed by atoms with Crippen LogP contribution in [0.5, 0.6) is 0 Å². The van der Waals surface area contributed by atoms with E-state index in [2.05, 4.69) is 9.46 Å². The fraction of sp³-hybridized carbons (Fsp3) is 0.417. The lowest BCUT2D eigenvalue weighted by molar-refractivity contribution is -0.386. The number of methoxy groups -OCH3 is 1. The summed E-state index contributed by atoms with van der Waals surface area (Å²) in [5.41, 5.74) is 0.531. The number of benzene rings is 1. The Kier molecular flexibility index (Phi) is 5.02. The summed E-state index contributed by atoms with van der Waals surface area (Å²) >= 11 is 0. The van der Waals surface area contributed by atoms with Gasteiger partial charge in [0.25, 0.3) is 5.69 Å². The molecule has 0 heterocycles. The highest BCUT2D eigenvalue weighted by atomic mass is 32.2. The smallest absolute Gasteiger partial charge is 0.320 e. The number of ether oxygens (including phenoxy) is 1. The Bertz CT molecular complexity index is 696. The van der Waals surface area contributed by atoms with Crippen molar-refractivity contribution in [1.29, 1.82) is 0 Å². The number of nitro groups is 1. The van der Waals surface area contributed by atoms with Crippen molar-refractivity contribution in [3.8, 4) is 0 Å². The van der Waals surface area contributed by atoms with Gasteiger partial charge in [0.05, 0.1) is 16.9 Å². The van der Waals surface area contributed by atoms with Crippen molar-refractivity contribution in [1.82, 2.24) is 4.72 Å². The minimum atomic E-state index is -4.05. The Balaban J connectivity index is 3.39. The average molecular weight is 316 g/mol. The number of aryl methyl sites for hydroxylation is 2. The van der Waals surface area contributed by atoms with E-state index in [1.54, 1.807) is 0 Å². The fourth-order valence-corrected chi connectivity index (χ4v) is 3.59. The molecule has 9 heteroatoms. The minimum absolute atomic E-state index is 0.0369. The van der Waals surface area contributed by atoms with Gasteiger partial charge in [0, 0.05) is 11.1 Å². The minimum Gasteiger partial charge on any atom is -0.468 e. The van der Waals surface area contributed by atoms with Crippen molar-refractivity contribution in [3.63, 3.8) is 0 Å². The van der Waals surface area contributed by atoms with Crippen LogP contribution in [-0.2, 0) is 19.6 Å². The van der Waals surface area contributed by atoms with Crippen molar-refractivity contribution in [2.24, 2.45) is 0 Å². The van der Waals surface area contributed by atoms with Gasteiger partial charge in [-0.3, -0.25) is 14.9 Å². The highest BCUT2D eigenvalue weighted by Crippen LogP contribution is 2.31. The predicted molar refractivity (Wildman–Crippen MR) is 74.5 cm³/mol. The molecule has 0 spiro atoms. The summed E-state index contributed by atoms with van der Waals surface area (Å²) in [6.07, 6.45) is 0. The van der Waals surface area contributed by atoms with E-state index in [4.69, 9.17) is 0 Å². The highest BCUT2D eigenvalue weighted by molar-refractivity contribution is 7.89. The van der Waals surface area contributed by atoms with Gasteiger partial charge in [-0.15, -0.1) is 0 Å². The number of carbonyl (C=O) groups is 1. The van der Waals surface area contributed by atoms with Gasteiger partial charge in [-0.05, 0) is 32.4 Å². The van der Waals surface area contributed by atoms with Gasteiger partial charge in [-0.2, -0.15) is 4.72 Å². The lowest BCUT2D eigenvalue weighted by atomic mass is 10.1. The molecule has 1 N–H and O–H groups in total. The average Bonchev–Trinajstić information content (AvgIpc) is 2.34. The molecule has 21 heavy (non-hydrogen) atoms. The van der Waals surface area contributed by atoms with Crippen molar-refractivity contribution in [2.45, 2.75) is 25.7 Å². The zero-order valence-electron chi connectivity index (χ0n) is 12.1. The molecule has 1 rings (SSSR count). The summed E-state index contributed by atoms with van der Waals surface area (Å²) < 4.78 is 30.9. The summed E-state index contributed by atoms with van der Waals surface area (Å²) in [6, 6.07) is 1.43. The lowest BCUT2D eigenvalue weighted by Crippen LogP contribution is -2.31. The third-order valence-corrected chi connectivity index (χ3v) is 4.64. The number of hydrogen-bond donors (Lipinski definition) is 1. The Hall–Kier alpha value is -2.00. The molecule has 0 fully saturated rings. The number of sulfonamides is 1. The Morgan fingerprint density at radius 2 is 1.90 bits per heavy atom. The summed E-state index contributed by atoms with van der Waals surface area (Å²) in [5, 5.41) is 11.1. The van der Waals surface area contributed by atoms with E-state index in [-0.39, 0.29) is 16.1 Å². The van der Waals surface area contributed by atoms with Crippen LogP contribution < -0.4 is 4.72 Å². The van der Waals surface area contributed by atoms with E-state index in [1.807, 2.05) is 0 Å². The second kappa shape index (κ2) is 6.19. The molecule has 0 radical (unpaired) electrons. The normalized spacial score (nSPS) is 11.2. The van der Waals surface area contributed by atoms with Gasteiger partial charge in [0.1, 0.15) is 6.54 Å². The molecule has 116 valence electrons. The van der Waals surface area contributed by atoms with E-state index in [9.17, 15) is 23.3 Å². The van der Waals surface area contributed by atoms with Crippen LogP contribution in [0.2, 0.25) is 0 Å². The van der Waals surface area contributed by atoms with Crippen LogP contribution >= 0.6 is 0 Å². The molecule has 0 unspecified atom stereocenters. The summed E-state index contributed by atoms with van der Waals surface area (Å²) in [7, 11) is -2.93. The standard InChI is InChI=1S/C12H16N2O6S/c1-7-5-8(2)12(9(3)11(7)14(16)17)21(18,19)13-6-10(15)20-4/h5,13H,6H2,1-4H3. The SMILES string of the molecule is COC(=O)CNS(=O)(=O)c1c(C)cc(C)c([N+](=O)[O-])c1C. The molecule has 0 aromatic heterocycles. The maximum Gasteiger partial charge on any atom is 0.320 e. The molecule has 0 aliphatic rings. The molecular formula is C12H16N2O6S. The molecule has 0 aliphatic heterocycles. The van der Waals surface area contributed by atoms with Crippen LogP contribution in [0.15, 0.2) is 11.0 Å². The van der Waals surface area contributed by atoms with Crippen LogP contribution in [0.4, 0.5) is 5.69 Å². The van der Waals surface area contributed by atoms with Crippen LogP contribution in [0.3, 0.4) is 0 Å². The van der Waals surface area contributed by atoms with Crippen LogP contribution in [0, 0.1) is 30.9 Å². The molecule has 8 nitrogen and oxygen atoms in total. The van der Waals surface area contributed by atoms with Gasteiger partial charge in [-0.25, -0.2) is 8.42 Å². The first kappa shape index (κ1) is 17.1.